The number of nitrogens with two attached hydrogens (primary N) is 1. The predicted octanol–water partition coefficient (Wildman–Crippen LogP) is 1.72. The highest BCUT2D eigenvalue weighted by atomic mass is 32.1. The Kier molecular flexibility index (Phi) is 3.19. The van der Waals surface area contributed by atoms with E-state index in [0.717, 1.165) is 0 Å². The fraction of sp³-hybridized carbons (Fsp3) is 0.222. The number of thiocarbonyl (C=S) groups is 1. The van der Waals surface area contributed by atoms with Crippen molar-refractivity contribution in [1.82, 2.24) is 5.32 Å². The Bertz CT molecular complexity index is 314. The van der Waals surface area contributed by atoms with Gasteiger partial charge in [0.1, 0.15) is 5.82 Å². The van der Waals surface area contributed by atoms with Crippen molar-refractivity contribution in [3.63, 3.8) is 0 Å². The number of benzene rings is 1. The van der Waals surface area contributed by atoms with Crippen LogP contribution in [0.4, 0.5) is 4.39 Å². The third-order valence-electron chi connectivity index (χ3n) is 1.73. The van der Waals surface area contributed by atoms with Crippen LogP contribution in [0.2, 0.25) is 0 Å². The standard InChI is InChI=1S/C9H11FN2S/c1-6(12-9(11)13)7-4-2-3-5-8(7)10/h2-6H,1H3,(H3,11,12,13)/t6-/m0/s1. The van der Waals surface area contributed by atoms with Crippen LogP contribution in [0.3, 0.4) is 0 Å². The highest BCUT2D eigenvalue weighted by molar-refractivity contribution is 7.80. The van der Waals surface area contributed by atoms with E-state index < -0.39 is 0 Å². The average Bonchev–Trinajstić information content (AvgIpc) is 2.03. The average molecular weight is 198 g/mol. The largest absolute Gasteiger partial charge is 0.376 e. The molecule has 0 heterocycles. The van der Waals surface area contributed by atoms with Gasteiger partial charge in [-0.2, -0.15) is 0 Å². The van der Waals surface area contributed by atoms with Gasteiger partial charge in [0.25, 0.3) is 0 Å². The molecule has 0 aliphatic rings. The number of hydrogen-bond acceptors (Lipinski definition) is 1. The van der Waals surface area contributed by atoms with Gasteiger partial charge in [0.2, 0.25) is 0 Å². The van der Waals surface area contributed by atoms with Crippen molar-refractivity contribution < 1.29 is 4.39 Å². The maximum Gasteiger partial charge on any atom is 0.164 e. The minimum atomic E-state index is -0.251. The van der Waals surface area contributed by atoms with Crippen LogP contribution >= 0.6 is 12.2 Å². The highest BCUT2D eigenvalue weighted by Crippen LogP contribution is 2.15. The number of nitrogens with one attached hydrogen (secondary N) is 1. The van der Waals surface area contributed by atoms with E-state index in [4.69, 9.17) is 5.73 Å². The van der Waals surface area contributed by atoms with Gasteiger partial charge in [-0.1, -0.05) is 18.2 Å². The summed E-state index contributed by atoms with van der Waals surface area (Å²) in [4.78, 5) is 0. The molecule has 4 heteroatoms. The first-order valence-corrected chi connectivity index (χ1v) is 4.32. The molecule has 0 amide bonds. The second kappa shape index (κ2) is 4.18. The topological polar surface area (TPSA) is 38.0 Å². The molecule has 0 bridgehead atoms. The first-order chi connectivity index (χ1) is 6.11. The molecule has 3 N–H and O–H groups in total. The molecule has 0 aromatic heterocycles. The lowest BCUT2D eigenvalue weighted by Gasteiger charge is -2.14. The van der Waals surface area contributed by atoms with E-state index in [1.807, 2.05) is 0 Å². The van der Waals surface area contributed by atoms with E-state index in [9.17, 15) is 4.39 Å². The summed E-state index contributed by atoms with van der Waals surface area (Å²) in [5.74, 6) is -0.251. The summed E-state index contributed by atoms with van der Waals surface area (Å²) >= 11 is 4.66. The molecule has 0 aliphatic heterocycles. The number of rotatable bonds is 2. The summed E-state index contributed by atoms with van der Waals surface area (Å²) in [7, 11) is 0. The fourth-order valence-corrected chi connectivity index (χ4v) is 1.29. The maximum atomic E-state index is 13.2. The Morgan fingerprint density at radius 2 is 2.15 bits per heavy atom. The van der Waals surface area contributed by atoms with E-state index in [2.05, 4.69) is 17.5 Å². The number of halogens is 1. The predicted molar refractivity (Wildman–Crippen MR) is 54.7 cm³/mol. The van der Waals surface area contributed by atoms with Crippen molar-refractivity contribution in [2.24, 2.45) is 5.73 Å². The van der Waals surface area contributed by atoms with Gasteiger partial charge in [-0.3, -0.25) is 0 Å². The lowest BCUT2D eigenvalue weighted by molar-refractivity contribution is 0.579. The van der Waals surface area contributed by atoms with Crippen LogP contribution < -0.4 is 11.1 Å². The Morgan fingerprint density at radius 1 is 1.54 bits per heavy atom. The summed E-state index contributed by atoms with van der Waals surface area (Å²) in [6.45, 7) is 1.80. The molecule has 1 rings (SSSR count). The van der Waals surface area contributed by atoms with Crippen LogP contribution in [0.15, 0.2) is 24.3 Å². The monoisotopic (exact) mass is 198 g/mol. The molecule has 0 spiro atoms. The quantitative estimate of drug-likeness (QED) is 0.711. The van der Waals surface area contributed by atoms with E-state index >= 15 is 0 Å². The van der Waals surface area contributed by atoms with Gasteiger partial charge in [0.15, 0.2) is 5.11 Å². The Balaban J connectivity index is 2.82. The van der Waals surface area contributed by atoms with Gasteiger partial charge >= 0.3 is 0 Å². The first kappa shape index (κ1) is 9.92. The van der Waals surface area contributed by atoms with Gasteiger partial charge in [-0.05, 0) is 25.2 Å². The van der Waals surface area contributed by atoms with E-state index in [1.165, 1.54) is 6.07 Å². The van der Waals surface area contributed by atoms with E-state index in [1.54, 1.807) is 25.1 Å². The fourth-order valence-electron chi connectivity index (χ4n) is 1.12. The zero-order valence-corrected chi connectivity index (χ0v) is 8.07. The summed E-state index contributed by atoms with van der Waals surface area (Å²) in [6, 6.07) is 6.33. The second-order valence-corrected chi connectivity index (χ2v) is 3.19. The van der Waals surface area contributed by atoms with Crippen molar-refractivity contribution in [2.45, 2.75) is 13.0 Å². The summed E-state index contributed by atoms with van der Waals surface area (Å²) in [5, 5.41) is 2.95. The molecule has 0 saturated heterocycles. The van der Waals surface area contributed by atoms with Crippen molar-refractivity contribution in [2.75, 3.05) is 0 Å². The molecule has 2 nitrogen and oxygen atoms in total. The lowest BCUT2D eigenvalue weighted by atomic mass is 10.1. The van der Waals surface area contributed by atoms with Crippen LogP contribution in [0, 0.1) is 5.82 Å². The zero-order chi connectivity index (χ0) is 9.84. The Labute approximate surface area is 81.9 Å². The van der Waals surface area contributed by atoms with Crippen LogP contribution in [0.25, 0.3) is 0 Å². The molecule has 1 aromatic carbocycles. The van der Waals surface area contributed by atoms with Crippen LogP contribution in [-0.2, 0) is 0 Å². The highest BCUT2D eigenvalue weighted by Gasteiger charge is 2.09. The summed E-state index contributed by atoms with van der Waals surface area (Å²) in [5.41, 5.74) is 5.84. The minimum absolute atomic E-state index is 0.177. The van der Waals surface area contributed by atoms with Gasteiger partial charge < -0.3 is 11.1 Å². The lowest BCUT2D eigenvalue weighted by Crippen LogP contribution is -2.31. The smallest absolute Gasteiger partial charge is 0.164 e. The molecule has 0 aliphatic carbocycles. The third kappa shape index (κ3) is 2.66. The molecule has 0 saturated carbocycles. The van der Waals surface area contributed by atoms with Crippen molar-refractivity contribution >= 4 is 17.3 Å². The summed E-state index contributed by atoms with van der Waals surface area (Å²) in [6.07, 6.45) is 0. The maximum absolute atomic E-state index is 13.2. The van der Waals surface area contributed by atoms with Crippen LogP contribution in [0.1, 0.15) is 18.5 Å². The van der Waals surface area contributed by atoms with E-state index in [-0.39, 0.29) is 17.0 Å². The molecule has 13 heavy (non-hydrogen) atoms. The van der Waals surface area contributed by atoms with Crippen LogP contribution in [-0.4, -0.2) is 5.11 Å². The third-order valence-corrected chi connectivity index (χ3v) is 1.85. The van der Waals surface area contributed by atoms with Gasteiger partial charge in [0.05, 0.1) is 6.04 Å². The number of hydrogen-bond donors (Lipinski definition) is 2. The van der Waals surface area contributed by atoms with Gasteiger partial charge in [-0.25, -0.2) is 4.39 Å². The van der Waals surface area contributed by atoms with Crippen LogP contribution in [0.5, 0.6) is 0 Å². The molecule has 70 valence electrons. The first-order valence-electron chi connectivity index (χ1n) is 3.91. The Morgan fingerprint density at radius 3 is 2.69 bits per heavy atom. The van der Waals surface area contributed by atoms with Crippen molar-refractivity contribution in [3.8, 4) is 0 Å². The molecular formula is C9H11FN2S. The van der Waals surface area contributed by atoms with Gasteiger partial charge in [0, 0.05) is 5.56 Å². The van der Waals surface area contributed by atoms with E-state index in [0.29, 0.717) is 5.56 Å². The molecule has 1 aromatic rings. The zero-order valence-electron chi connectivity index (χ0n) is 7.25. The SMILES string of the molecule is C[C@H](NC(N)=S)c1ccccc1F. The molecule has 1 atom stereocenters. The second-order valence-electron chi connectivity index (χ2n) is 2.75. The van der Waals surface area contributed by atoms with Crippen molar-refractivity contribution in [3.05, 3.63) is 35.6 Å². The summed E-state index contributed by atoms with van der Waals surface area (Å²) < 4.78 is 13.2. The molecule has 0 radical (unpaired) electrons. The van der Waals surface area contributed by atoms with Crippen molar-refractivity contribution in [1.29, 1.82) is 0 Å². The Hall–Kier alpha value is -1.16. The van der Waals surface area contributed by atoms with Gasteiger partial charge in [-0.15, -0.1) is 0 Å². The molecule has 0 fully saturated rings. The molecular weight excluding hydrogens is 187 g/mol. The molecule has 0 unspecified atom stereocenters. The normalized spacial score (nSPS) is 12.2. The minimum Gasteiger partial charge on any atom is -0.376 e.